The zero-order chi connectivity index (χ0) is 18.8. The van der Waals surface area contributed by atoms with E-state index in [1.165, 1.54) is 12.8 Å². The average molecular weight is 393 g/mol. The quantitative estimate of drug-likeness (QED) is 0.564. The minimum Gasteiger partial charge on any atom is -0.504 e. The summed E-state index contributed by atoms with van der Waals surface area (Å²) >= 11 is 3.21. The molecule has 0 saturated heterocycles. The molecule has 0 aliphatic carbocycles. The molecule has 0 aromatic carbocycles. The van der Waals surface area contributed by atoms with E-state index in [9.17, 15) is 9.90 Å². The highest BCUT2D eigenvalue weighted by atomic mass is 79.9. The molecule has 0 bridgehead atoms. The first-order valence-electron chi connectivity index (χ1n) is 6.68. The van der Waals surface area contributed by atoms with E-state index in [1.807, 2.05) is 25.5 Å². The van der Waals surface area contributed by atoms with Crippen LogP contribution in [-0.2, 0) is 9.59 Å². The molecule has 0 unspecified atom stereocenters. The summed E-state index contributed by atoms with van der Waals surface area (Å²) < 4.78 is 0.493. The number of aromatic nitrogens is 1. The Morgan fingerprint density at radius 2 is 1.78 bits per heavy atom. The number of aromatic hydroxyl groups is 1. The number of aldehydes is 1. The third-order valence-electron chi connectivity index (χ3n) is 2.56. The van der Waals surface area contributed by atoms with Gasteiger partial charge in [0.2, 0.25) is 0 Å². The highest BCUT2D eigenvalue weighted by Crippen LogP contribution is 2.29. The maximum atomic E-state index is 10.8. The molecule has 0 atom stereocenters. The van der Waals surface area contributed by atoms with Crippen LogP contribution in [0.5, 0.6) is 5.75 Å². The van der Waals surface area contributed by atoms with Gasteiger partial charge in [-0.15, -0.1) is 0 Å². The first-order chi connectivity index (χ1) is 11.1. The summed E-state index contributed by atoms with van der Waals surface area (Å²) in [7, 11) is 2.93. The zero-order valence-corrected chi connectivity index (χ0v) is 15.4. The number of aliphatic hydroxyl groups is 1. The number of halogens is 1. The van der Waals surface area contributed by atoms with Crippen LogP contribution >= 0.6 is 15.9 Å². The largest absolute Gasteiger partial charge is 0.504 e. The standard InChI is InChI=1S/C12H17BrN2O2.CH4O.2CH2O/c1-3-4-5-6-15(2)11-7-9(13)12(17)10(8-16)14-11;3*1-2/h7-8,17H,3-6H2,1-2H3;2H,1H3;2*1H2. The van der Waals surface area contributed by atoms with Crippen LogP contribution in [-0.4, -0.2) is 55.8 Å². The Morgan fingerprint density at radius 3 is 2.22 bits per heavy atom. The Kier molecular flexibility index (Phi) is 20.7. The molecule has 7 nitrogen and oxygen atoms in total. The second-order valence-electron chi connectivity index (χ2n) is 3.94. The molecule has 8 heteroatoms. The highest BCUT2D eigenvalue weighted by molar-refractivity contribution is 9.10. The van der Waals surface area contributed by atoms with E-state index >= 15 is 0 Å². The Balaban J connectivity index is -0.000000595. The topological polar surface area (TPSA) is 108 Å². The van der Waals surface area contributed by atoms with Crippen molar-refractivity contribution in [2.24, 2.45) is 0 Å². The van der Waals surface area contributed by atoms with Crippen LogP contribution in [0.25, 0.3) is 0 Å². The van der Waals surface area contributed by atoms with Crippen molar-refractivity contribution in [3.05, 3.63) is 16.2 Å². The van der Waals surface area contributed by atoms with Crippen molar-refractivity contribution in [1.82, 2.24) is 4.98 Å². The highest BCUT2D eigenvalue weighted by Gasteiger charge is 2.11. The van der Waals surface area contributed by atoms with Gasteiger partial charge in [0.15, 0.2) is 12.0 Å². The summed E-state index contributed by atoms with van der Waals surface area (Å²) in [6.07, 6.45) is 3.98. The van der Waals surface area contributed by atoms with Gasteiger partial charge in [0.25, 0.3) is 0 Å². The zero-order valence-electron chi connectivity index (χ0n) is 13.8. The molecule has 1 aromatic heterocycles. The number of aliphatic hydroxyl groups excluding tert-OH is 1. The Bertz CT molecular complexity index is 431. The molecule has 0 saturated carbocycles. The van der Waals surface area contributed by atoms with E-state index in [0.717, 1.165) is 20.1 Å². The lowest BCUT2D eigenvalue weighted by Gasteiger charge is -2.18. The second-order valence-corrected chi connectivity index (χ2v) is 4.80. The lowest BCUT2D eigenvalue weighted by Crippen LogP contribution is -2.20. The molecule has 132 valence electrons. The maximum absolute atomic E-state index is 10.8. The summed E-state index contributed by atoms with van der Waals surface area (Å²) in [4.78, 5) is 32.8. The van der Waals surface area contributed by atoms with Gasteiger partial charge in [-0.2, -0.15) is 0 Å². The molecule has 1 heterocycles. The minimum atomic E-state index is -0.106. The van der Waals surface area contributed by atoms with Gasteiger partial charge in [0, 0.05) is 20.7 Å². The predicted molar refractivity (Wildman–Crippen MR) is 94.2 cm³/mol. The fourth-order valence-corrected chi connectivity index (χ4v) is 1.91. The van der Waals surface area contributed by atoms with Gasteiger partial charge in [-0.3, -0.25) is 4.79 Å². The lowest BCUT2D eigenvalue weighted by molar-refractivity contribution is -0.0987. The van der Waals surface area contributed by atoms with Crippen LogP contribution in [0.15, 0.2) is 10.5 Å². The number of carbonyl (C=O) groups is 3. The van der Waals surface area contributed by atoms with Crippen molar-refractivity contribution in [3.8, 4) is 5.75 Å². The minimum absolute atomic E-state index is 0.0664. The van der Waals surface area contributed by atoms with Crippen LogP contribution in [0.4, 0.5) is 5.82 Å². The van der Waals surface area contributed by atoms with Crippen molar-refractivity contribution in [2.75, 3.05) is 25.6 Å². The summed E-state index contributed by atoms with van der Waals surface area (Å²) in [5, 5.41) is 16.6. The molecule has 0 fully saturated rings. The van der Waals surface area contributed by atoms with Crippen LogP contribution in [0.1, 0.15) is 36.7 Å². The van der Waals surface area contributed by atoms with Crippen molar-refractivity contribution in [1.29, 1.82) is 0 Å². The monoisotopic (exact) mass is 392 g/mol. The molecule has 0 aliphatic heterocycles. The lowest BCUT2D eigenvalue weighted by atomic mass is 10.2. The van der Waals surface area contributed by atoms with Gasteiger partial charge in [-0.1, -0.05) is 19.8 Å². The maximum Gasteiger partial charge on any atom is 0.172 e. The number of rotatable bonds is 6. The van der Waals surface area contributed by atoms with Crippen molar-refractivity contribution >= 4 is 41.6 Å². The Hall–Kier alpha value is -1.80. The van der Waals surface area contributed by atoms with Gasteiger partial charge in [-0.25, -0.2) is 4.98 Å². The molecule has 0 aliphatic rings. The molecular weight excluding hydrogens is 368 g/mol. The molecule has 1 aromatic rings. The van der Waals surface area contributed by atoms with Crippen molar-refractivity contribution in [2.45, 2.75) is 26.2 Å². The van der Waals surface area contributed by atoms with Crippen LogP contribution in [0.2, 0.25) is 0 Å². The van der Waals surface area contributed by atoms with E-state index in [0.29, 0.717) is 16.6 Å². The Labute approximate surface area is 145 Å². The number of carbonyl (C=O) groups excluding carboxylic acids is 3. The van der Waals surface area contributed by atoms with Crippen LogP contribution in [0.3, 0.4) is 0 Å². The third-order valence-corrected chi connectivity index (χ3v) is 3.16. The normalized spacial score (nSPS) is 8.22. The van der Waals surface area contributed by atoms with E-state index in [4.69, 9.17) is 14.7 Å². The smallest absolute Gasteiger partial charge is 0.172 e. The predicted octanol–water partition coefficient (Wildman–Crippen LogP) is 2.23. The number of anilines is 1. The Morgan fingerprint density at radius 1 is 1.26 bits per heavy atom. The summed E-state index contributed by atoms with van der Waals surface area (Å²) in [6, 6.07) is 1.72. The van der Waals surface area contributed by atoms with Gasteiger partial charge < -0.3 is 24.7 Å². The number of hydrogen-bond acceptors (Lipinski definition) is 7. The van der Waals surface area contributed by atoms with Crippen molar-refractivity contribution < 1.29 is 24.6 Å². The van der Waals surface area contributed by atoms with Crippen molar-refractivity contribution in [3.63, 3.8) is 0 Å². The fourth-order valence-electron chi connectivity index (χ4n) is 1.50. The number of pyridine rings is 1. The molecule has 0 radical (unpaired) electrons. The summed E-state index contributed by atoms with van der Waals surface area (Å²) in [6.45, 7) is 7.04. The van der Waals surface area contributed by atoms with E-state index in [-0.39, 0.29) is 11.4 Å². The van der Waals surface area contributed by atoms with E-state index < -0.39 is 0 Å². The fraction of sp³-hybridized carbons (Fsp3) is 0.467. The molecule has 23 heavy (non-hydrogen) atoms. The molecule has 0 spiro atoms. The van der Waals surface area contributed by atoms with Crippen LogP contribution < -0.4 is 4.90 Å². The number of hydrogen-bond donors (Lipinski definition) is 2. The second kappa shape index (κ2) is 18.2. The summed E-state index contributed by atoms with van der Waals surface area (Å²) in [5.74, 6) is 0.582. The molecule has 2 N–H and O–H groups in total. The molecular formula is C15H25BrN2O5. The summed E-state index contributed by atoms with van der Waals surface area (Å²) in [5.41, 5.74) is 0.0664. The average Bonchev–Trinajstić information content (AvgIpc) is 2.62. The first kappa shape index (κ1) is 26.1. The first-order valence-corrected chi connectivity index (χ1v) is 7.47. The number of unbranched alkanes of at least 4 members (excludes halogenated alkanes) is 2. The van der Waals surface area contributed by atoms with E-state index in [1.54, 1.807) is 6.07 Å². The SMILES string of the molecule is C=O.C=O.CCCCCN(C)c1cc(Br)c(O)c(C=O)n1.CO. The van der Waals surface area contributed by atoms with E-state index in [2.05, 4.69) is 27.8 Å². The van der Waals surface area contributed by atoms with Gasteiger partial charge >= 0.3 is 0 Å². The number of nitrogens with zero attached hydrogens (tertiary/aromatic N) is 2. The molecule has 1 rings (SSSR count). The van der Waals surface area contributed by atoms with Gasteiger partial charge in [0.05, 0.1) is 4.47 Å². The van der Waals surface area contributed by atoms with Crippen LogP contribution in [0, 0.1) is 0 Å². The van der Waals surface area contributed by atoms with Gasteiger partial charge in [0.1, 0.15) is 25.1 Å². The third kappa shape index (κ3) is 10.5. The van der Waals surface area contributed by atoms with Gasteiger partial charge in [-0.05, 0) is 28.4 Å². The molecule has 0 amide bonds.